The van der Waals surface area contributed by atoms with Gasteiger partial charge in [0.05, 0.1) is 16.9 Å². The van der Waals surface area contributed by atoms with Crippen LogP contribution in [0.15, 0.2) is 18.2 Å². The minimum atomic E-state index is -0.831. The van der Waals surface area contributed by atoms with Crippen molar-refractivity contribution >= 4 is 29.4 Å². The molecule has 1 aromatic carbocycles. The van der Waals surface area contributed by atoms with E-state index in [1.54, 1.807) is 13.8 Å². The maximum Gasteiger partial charge on any atom is 0.308 e. The quantitative estimate of drug-likeness (QED) is 0.325. The molecule has 1 heterocycles. The van der Waals surface area contributed by atoms with Crippen molar-refractivity contribution in [1.29, 1.82) is 0 Å². The van der Waals surface area contributed by atoms with Gasteiger partial charge in [-0.3, -0.25) is 34.2 Å². The van der Waals surface area contributed by atoms with Crippen LogP contribution in [0.1, 0.15) is 41.0 Å². The molecule has 26 heavy (non-hydrogen) atoms. The molecule has 0 spiro atoms. The van der Waals surface area contributed by atoms with Gasteiger partial charge in [0.1, 0.15) is 5.56 Å². The van der Waals surface area contributed by atoms with E-state index < -0.39 is 40.9 Å². The van der Waals surface area contributed by atoms with Gasteiger partial charge in [-0.2, -0.15) is 0 Å². The smallest absolute Gasteiger partial charge is 0.308 e. The summed E-state index contributed by atoms with van der Waals surface area (Å²) in [6.07, 6.45) is -0.325. The number of carbonyl (C=O) groups is 4. The number of benzene rings is 1. The molecule has 2 rings (SSSR count). The summed E-state index contributed by atoms with van der Waals surface area (Å²) in [5.74, 6) is -2.78. The van der Waals surface area contributed by atoms with Crippen LogP contribution in [0.25, 0.3) is 0 Å². The van der Waals surface area contributed by atoms with E-state index in [0.29, 0.717) is 0 Å². The predicted octanol–water partition coefficient (Wildman–Crippen LogP) is 0.649. The van der Waals surface area contributed by atoms with Gasteiger partial charge in [0, 0.05) is 18.7 Å². The van der Waals surface area contributed by atoms with E-state index in [4.69, 9.17) is 4.74 Å². The molecule has 0 atom stereocenters. The van der Waals surface area contributed by atoms with E-state index in [1.807, 2.05) is 0 Å². The summed E-state index contributed by atoms with van der Waals surface area (Å²) in [7, 11) is 0. The number of fused-ring (bicyclic) bond motifs is 1. The second kappa shape index (κ2) is 7.72. The summed E-state index contributed by atoms with van der Waals surface area (Å²) >= 11 is 0. The Balaban J connectivity index is 1.97. The van der Waals surface area contributed by atoms with Gasteiger partial charge < -0.3 is 10.1 Å². The molecule has 1 aromatic rings. The Labute approximate surface area is 148 Å². The molecule has 138 valence electrons. The van der Waals surface area contributed by atoms with Gasteiger partial charge in [-0.1, -0.05) is 6.07 Å². The van der Waals surface area contributed by atoms with Crippen molar-refractivity contribution in [3.63, 3.8) is 0 Å². The zero-order chi connectivity index (χ0) is 19.4. The fourth-order valence-corrected chi connectivity index (χ4v) is 2.46. The first-order valence-corrected chi connectivity index (χ1v) is 7.81. The molecule has 0 unspecified atom stereocenters. The molecule has 3 amide bonds. The monoisotopic (exact) mass is 363 g/mol. The lowest BCUT2D eigenvalue weighted by Gasteiger charge is -2.13. The van der Waals surface area contributed by atoms with Crippen LogP contribution in [0, 0.1) is 10.1 Å². The maximum atomic E-state index is 12.3. The van der Waals surface area contributed by atoms with E-state index >= 15 is 0 Å². The molecule has 0 bridgehead atoms. The van der Waals surface area contributed by atoms with Crippen LogP contribution in [-0.4, -0.2) is 52.7 Å². The summed E-state index contributed by atoms with van der Waals surface area (Å²) in [5.41, 5.74) is -0.822. The van der Waals surface area contributed by atoms with Crippen molar-refractivity contribution in [3.8, 4) is 0 Å². The number of nitrogens with zero attached hydrogens (tertiary/aromatic N) is 2. The van der Waals surface area contributed by atoms with Crippen LogP contribution in [0.5, 0.6) is 0 Å². The van der Waals surface area contributed by atoms with E-state index in [0.717, 1.165) is 11.0 Å². The van der Waals surface area contributed by atoms with Gasteiger partial charge >= 0.3 is 5.97 Å². The fraction of sp³-hybridized carbons (Fsp3) is 0.375. The van der Waals surface area contributed by atoms with E-state index in [-0.39, 0.29) is 30.1 Å². The van der Waals surface area contributed by atoms with Crippen molar-refractivity contribution in [2.24, 2.45) is 0 Å². The zero-order valence-corrected chi connectivity index (χ0v) is 14.2. The molecule has 0 saturated carbocycles. The summed E-state index contributed by atoms with van der Waals surface area (Å²) in [4.78, 5) is 58.7. The van der Waals surface area contributed by atoms with Crippen LogP contribution in [0.3, 0.4) is 0 Å². The highest BCUT2D eigenvalue weighted by atomic mass is 16.6. The highest BCUT2D eigenvalue weighted by molar-refractivity contribution is 6.23. The number of nitrogens with one attached hydrogen (secondary N) is 1. The molecule has 0 fully saturated rings. The number of esters is 1. The third kappa shape index (κ3) is 4.02. The van der Waals surface area contributed by atoms with Crippen molar-refractivity contribution in [1.82, 2.24) is 10.2 Å². The molecule has 10 heteroatoms. The van der Waals surface area contributed by atoms with Crippen LogP contribution >= 0.6 is 0 Å². The molecule has 10 nitrogen and oxygen atoms in total. The van der Waals surface area contributed by atoms with Gasteiger partial charge in [0.15, 0.2) is 6.61 Å². The topological polar surface area (TPSA) is 136 Å². The number of nitro groups is 1. The molecule has 0 saturated heterocycles. The van der Waals surface area contributed by atoms with Gasteiger partial charge in [-0.25, -0.2) is 0 Å². The number of rotatable bonds is 7. The number of hydrogen-bond acceptors (Lipinski definition) is 7. The van der Waals surface area contributed by atoms with Gasteiger partial charge in [-0.15, -0.1) is 0 Å². The van der Waals surface area contributed by atoms with Crippen molar-refractivity contribution in [3.05, 3.63) is 39.4 Å². The average Bonchev–Trinajstić information content (AvgIpc) is 2.81. The Morgan fingerprint density at radius 1 is 1.27 bits per heavy atom. The largest absolute Gasteiger partial charge is 0.456 e. The van der Waals surface area contributed by atoms with Crippen LogP contribution < -0.4 is 5.32 Å². The second-order valence-electron chi connectivity index (χ2n) is 5.85. The van der Waals surface area contributed by atoms with Crippen molar-refractivity contribution in [2.75, 3.05) is 13.2 Å². The summed E-state index contributed by atoms with van der Waals surface area (Å²) in [5, 5.41) is 13.6. The normalized spacial score (nSPS) is 13.0. The summed E-state index contributed by atoms with van der Waals surface area (Å²) in [6, 6.07) is 3.66. The van der Waals surface area contributed by atoms with Crippen LogP contribution in [0.2, 0.25) is 0 Å². The maximum absolute atomic E-state index is 12.3. The summed E-state index contributed by atoms with van der Waals surface area (Å²) in [6.45, 7) is 2.74. The lowest BCUT2D eigenvalue weighted by Crippen LogP contribution is -2.35. The number of hydrogen-bond donors (Lipinski definition) is 1. The van der Waals surface area contributed by atoms with E-state index in [9.17, 15) is 29.3 Å². The Bertz CT molecular complexity index is 788. The minimum absolute atomic E-state index is 0.0751. The Morgan fingerprint density at radius 3 is 2.58 bits per heavy atom. The number of nitro benzene ring substituents is 1. The molecule has 0 radical (unpaired) electrons. The minimum Gasteiger partial charge on any atom is -0.456 e. The average molecular weight is 363 g/mol. The SMILES string of the molecule is CC(C)NC(=O)COC(=O)CCN1C(=O)c2cccc([N+](=O)[O-])c2C1=O. The Kier molecular flexibility index (Phi) is 5.65. The van der Waals surface area contributed by atoms with E-state index in [2.05, 4.69) is 5.32 Å². The van der Waals surface area contributed by atoms with Crippen LogP contribution in [0.4, 0.5) is 5.69 Å². The highest BCUT2D eigenvalue weighted by Gasteiger charge is 2.40. The number of carbonyl (C=O) groups excluding carboxylic acids is 4. The lowest BCUT2D eigenvalue weighted by molar-refractivity contribution is -0.385. The van der Waals surface area contributed by atoms with Crippen LogP contribution in [-0.2, 0) is 14.3 Å². The van der Waals surface area contributed by atoms with Crippen molar-refractivity contribution < 1.29 is 28.8 Å². The molecule has 1 aliphatic heterocycles. The molecular formula is C16H17N3O7. The first-order valence-electron chi connectivity index (χ1n) is 7.81. The number of ether oxygens (including phenoxy) is 1. The fourth-order valence-electron chi connectivity index (χ4n) is 2.46. The van der Waals surface area contributed by atoms with Gasteiger partial charge in [-0.05, 0) is 19.9 Å². The molecule has 1 aliphatic rings. The predicted molar refractivity (Wildman–Crippen MR) is 87.3 cm³/mol. The molecule has 1 N–H and O–H groups in total. The molecular weight excluding hydrogens is 346 g/mol. The zero-order valence-electron chi connectivity index (χ0n) is 14.2. The van der Waals surface area contributed by atoms with Crippen molar-refractivity contribution in [2.45, 2.75) is 26.3 Å². The molecule has 0 aliphatic carbocycles. The third-order valence-electron chi connectivity index (χ3n) is 3.53. The van der Waals surface area contributed by atoms with Gasteiger partial charge in [0.2, 0.25) is 0 Å². The first kappa shape index (κ1) is 19.0. The third-order valence-corrected chi connectivity index (χ3v) is 3.53. The second-order valence-corrected chi connectivity index (χ2v) is 5.85. The molecule has 0 aromatic heterocycles. The lowest BCUT2D eigenvalue weighted by atomic mass is 10.1. The first-order chi connectivity index (χ1) is 12.2. The summed E-state index contributed by atoms with van der Waals surface area (Å²) < 4.78 is 4.77. The Morgan fingerprint density at radius 2 is 1.96 bits per heavy atom. The van der Waals surface area contributed by atoms with Gasteiger partial charge in [0.25, 0.3) is 23.4 Å². The number of imide groups is 1. The highest BCUT2D eigenvalue weighted by Crippen LogP contribution is 2.30. The Hall–Kier alpha value is -3.30. The standard InChI is InChI=1S/C16H17N3O7/c1-9(2)17-12(20)8-26-13(21)6-7-18-15(22)10-4-3-5-11(19(24)25)14(10)16(18)23/h3-5,9H,6-8H2,1-2H3,(H,17,20). The van der Waals surface area contributed by atoms with E-state index in [1.165, 1.54) is 12.1 Å². The number of amides is 3.